The van der Waals surface area contributed by atoms with E-state index < -0.39 is 0 Å². The summed E-state index contributed by atoms with van der Waals surface area (Å²) < 4.78 is 0. The van der Waals surface area contributed by atoms with Crippen molar-refractivity contribution in [3.8, 4) is 0 Å². The fourth-order valence-corrected chi connectivity index (χ4v) is 0.379. The van der Waals surface area contributed by atoms with E-state index in [-0.39, 0.29) is 5.91 Å². The van der Waals surface area contributed by atoms with Gasteiger partial charge in [0.1, 0.15) is 0 Å². The fraction of sp³-hybridized carbons (Fsp3) is 0.571. The molecule has 5 heteroatoms. The van der Waals surface area contributed by atoms with Crippen LogP contribution in [0.2, 0.25) is 0 Å². The van der Waals surface area contributed by atoms with Crippen molar-refractivity contribution in [3.05, 3.63) is 0 Å². The maximum atomic E-state index is 10.7. The number of rotatable bonds is 3. The maximum absolute atomic E-state index is 10.7. The van der Waals surface area contributed by atoms with Crippen molar-refractivity contribution in [2.45, 2.75) is 27.2 Å². The molecule has 2 N–H and O–H groups in total. The average molecular weight is 171 g/mol. The summed E-state index contributed by atoms with van der Waals surface area (Å²) in [7, 11) is 0. The number of carbonyl (C=O) groups excluding carboxylic acids is 1. The number of nitrogens with one attached hydrogen (secondary N) is 1. The minimum atomic E-state index is -0.167. The van der Waals surface area contributed by atoms with Crippen LogP contribution in [0.15, 0.2) is 10.3 Å². The average Bonchev–Trinajstić information content (AvgIpc) is 2.11. The van der Waals surface area contributed by atoms with Gasteiger partial charge in [0, 0.05) is 6.42 Å². The van der Waals surface area contributed by atoms with Crippen molar-refractivity contribution in [2.75, 3.05) is 0 Å². The zero-order valence-corrected chi connectivity index (χ0v) is 7.46. The summed E-state index contributed by atoms with van der Waals surface area (Å²) in [6.45, 7) is 4.97. The molecular weight excluding hydrogens is 158 g/mol. The van der Waals surface area contributed by atoms with Gasteiger partial charge in [0.25, 0.3) is 0 Å². The zero-order chi connectivity index (χ0) is 9.56. The molecular formula is C7H13N3O2. The first-order chi connectivity index (χ1) is 5.61. The number of nitrogens with zero attached hydrogens (tertiary/aromatic N) is 2. The molecule has 0 unspecified atom stereocenters. The van der Waals surface area contributed by atoms with E-state index >= 15 is 0 Å². The van der Waals surface area contributed by atoms with Gasteiger partial charge < -0.3 is 5.21 Å². The Morgan fingerprint density at radius 1 is 1.42 bits per heavy atom. The van der Waals surface area contributed by atoms with Crippen molar-refractivity contribution in [1.29, 1.82) is 0 Å². The molecule has 0 aromatic rings. The lowest BCUT2D eigenvalue weighted by molar-refractivity contribution is -0.120. The second-order valence-electron chi connectivity index (χ2n) is 2.27. The Labute approximate surface area is 71.1 Å². The lowest BCUT2D eigenvalue weighted by atomic mass is 10.3. The van der Waals surface area contributed by atoms with Crippen LogP contribution in [0, 0.1) is 0 Å². The Kier molecular flexibility index (Phi) is 4.67. The van der Waals surface area contributed by atoms with Crippen LogP contribution in [0.25, 0.3) is 0 Å². The fourth-order valence-electron chi connectivity index (χ4n) is 0.379. The van der Waals surface area contributed by atoms with Crippen molar-refractivity contribution < 1.29 is 10.0 Å². The van der Waals surface area contributed by atoms with E-state index in [0.717, 1.165) is 0 Å². The Bertz CT molecular complexity index is 221. The van der Waals surface area contributed by atoms with Crippen LogP contribution >= 0.6 is 0 Å². The molecule has 0 aliphatic carbocycles. The summed E-state index contributed by atoms with van der Waals surface area (Å²) >= 11 is 0. The molecule has 0 saturated heterocycles. The molecule has 0 spiro atoms. The maximum Gasteiger partial charge on any atom is 0.239 e. The molecule has 0 aromatic carbocycles. The van der Waals surface area contributed by atoms with Gasteiger partial charge in [-0.1, -0.05) is 12.1 Å². The first-order valence-electron chi connectivity index (χ1n) is 3.64. The molecule has 0 rings (SSSR count). The van der Waals surface area contributed by atoms with Gasteiger partial charge >= 0.3 is 0 Å². The molecule has 0 heterocycles. The largest absolute Gasteiger partial charge is 0.411 e. The van der Waals surface area contributed by atoms with E-state index in [4.69, 9.17) is 5.21 Å². The third kappa shape index (κ3) is 3.70. The van der Waals surface area contributed by atoms with Crippen LogP contribution in [-0.2, 0) is 4.79 Å². The van der Waals surface area contributed by atoms with Gasteiger partial charge in [-0.3, -0.25) is 4.79 Å². The number of hydrogen-bond donors (Lipinski definition) is 2. The summed E-state index contributed by atoms with van der Waals surface area (Å²) in [5.41, 5.74) is 3.17. The van der Waals surface area contributed by atoms with E-state index in [1.807, 2.05) is 0 Å². The Morgan fingerprint density at radius 3 is 2.42 bits per heavy atom. The lowest BCUT2D eigenvalue weighted by Gasteiger charge is -1.98. The lowest BCUT2D eigenvalue weighted by Crippen LogP contribution is -2.19. The highest BCUT2D eigenvalue weighted by molar-refractivity contribution is 6.40. The van der Waals surface area contributed by atoms with Crippen molar-refractivity contribution >= 4 is 17.3 Å². The molecule has 5 nitrogen and oxygen atoms in total. The number of hydrogen-bond acceptors (Lipinski definition) is 4. The quantitative estimate of drug-likeness (QED) is 0.373. The highest BCUT2D eigenvalue weighted by atomic mass is 16.4. The molecule has 0 fully saturated rings. The van der Waals surface area contributed by atoms with Gasteiger partial charge in [-0.25, -0.2) is 5.43 Å². The first-order valence-corrected chi connectivity index (χ1v) is 3.64. The van der Waals surface area contributed by atoms with Gasteiger partial charge in [0.15, 0.2) is 0 Å². The summed E-state index contributed by atoms with van der Waals surface area (Å²) in [4.78, 5) is 10.7. The number of amides is 1. The SMILES string of the molecule is CCC(=O)NN=C(C)C(C)=NO. The molecule has 1 amide bonds. The monoisotopic (exact) mass is 171 g/mol. The third-order valence-corrected chi connectivity index (χ3v) is 1.34. The molecule has 68 valence electrons. The van der Waals surface area contributed by atoms with Crippen LogP contribution in [0.5, 0.6) is 0 Å². The third-order valence-electron chi connectivity index (χ3n) is 1.34. The van der Waals surface area contributed by atoms with Crippen molar-refractivity contribution in [2.24, 2.45) is 10.3 Å². The second-order valence-corrected chi connectivity index (χ2v) is 2.27. The first kappa shape index (κ1) is 10.6. The molecule has 0 saturated carbocycles. The van der Waals surface area contributed by atoms with E-state index in [9.17, 15) is 4.79 Å². The van der Waals surface area contributed by atoms with Crippen LogP contribution in [0.4, 0.5) is 0 Å². The van der Waals surface area contributed by atoms with Crippen LogP contribution in [-0.4, -0.2) is 22.5 Å². The number of hydrazone groups is 1. The van der Waals surface area contributed by atoms with E-state index in [1.165, 1.54) is 0 Å². The molecule has 0 bridgehead atoms. The summed E-state index contributed by atoms with van der Waals surface area (Å²) in [5, 5.41) is 14.9. The second kappa shape index (κ2) is 5.29. The van der Waals surface area contributed by atoms with Crippen LogP contribution in [0.3, 0.4) is 0 Å². The van der Waals surface area contributed by atoms with Gasteiger partial charge in [-0.2, -0.15) is 5.10 Å². The Balaban J connectivity index is 4.10. The van der Waals surface area contributed by atoms with Gasteiger partial charge in [-0.15, -0.1) is 0 Å². The molecule has 0 atom stereocenters. The normalized spacial score (nSPS) is 12.9. The smallest absolute Gasteiger partial charge is 0.239 e. The topological polar surface area (TPSA) is 74.0 Å². The van der Waals surface area contributed by atoms with E-state index in [0.29, 0.717) is 17.8 Å². The minimum absolute atomic E-state index is 0.167. The van der Waals surface area contributed by atoms with E-state index in [2.05, 4.69) is 15.7 Å². The van der Waals surface area contributed by atoms with Crippen LogP contribution < -0.4 is 5.43 Å². The number of carbonyl (C=O) groups is 1. The highest BCUT2D eigenvalue weighted by Crippen LogP contribution is 1.82. The van der Waals surface area contributed by atoms with Gasteiger partial charge in [-0.05, 0) is 13.8 Å². The predicted octanol–water partition coefficient (Wildman–Crippen LogP) is 0.739. The predicted molar refractivity (Wildman–Crippen MR) is 46.4 cm³/mol. The van der Waals surface area contributed by atoms with E-state index in [1.54, 1.807) is 20.8 Å². The molecule has 0 aliphatic rings. The molecule has 0 aromatic heterocycles. The molecule has 12 heavy (non-hydrogen) atoms. The summed E-state index contributed by atoms with van der Waals surface area (Å²) in [5.74, 6) is -0.167. The molecule has 0 radical (unpaired) electrons. The van der Waals surface area contributed by atoms with Crippen molar-refractivity contribution in [3.63, 3.8) is 0 Å². The Morgan fingerprint density at radius 2 is 2.00 bits per heavy atom. The van der Waals surface area contributed by atoms with Gasteiger partial charge in [0.2, 0.25) is 5.91 Å². The minimum Gasteiger partial charge on any atom is -0.411 e. The molecule has 0 aliphatic heterocycles. The standard InChI is InChI=1S/C7H13N3O2/c1-4-7(11)9-8-5(2)6(3)10-12/h12H,4H2,1-3H3,(H,9,11). The summed E-state index contributed by atoms with van der Waals surface area (Å²) in [6.07, 6.45) is 0.381. The Hall–Kier alpha value is -1.39. The van der Waals surface area contributed by atoms with Crippen LogP contribution in [0.1, 0.15) is 27.2 Å². The highest BCUT2D eigenvalue weighted by Gasteiger charge is 1.98. The van der Waals surface area contributed by atoms with Gasteiger partial charge in [0.05, 0.1) is 11.4 Å². The summed E-state index contributed by atoms with van der Waals surface area (Å²) in [6, 6.07) is 0. The van der Waals surface area contributed by atoms with Crippen molar-refractivity contribution in [1.82, 2.24) is 5.43 Å². The number of oxime groups is 1. The zero-order valence-electron chi connectivity index (χ0n) is 7.46.